The van der Waals surface area contributed by atoms with Gasteiger partial charge in [0.25, 0.3) is 0 Å². The van der Waals surface area contributed by atoms with Crippen LogP contribution in [0.3, 0.4) is 0 Å². The molecule has 1 aliphatic carbocycles. The molecule has 0 saturated carbocycles. The van der Waals surface area contributed by atoms with Gasteiger partial charge in [-0.15, -0.1) is 0 Å². The van der Waals surface area contributed by atoms with Crippen LogP contribution in [-0.2, 0) is 14.3 Å². The Balaban J connectivity index is 1.70. The van der Waals surface area contributed by atoms with E-state index < -0.39 is 17.8 Å². The third kappa shape index (κ3) is 5.74. The van der Waals surface area contributed by atoms with Crippen molar-refractivity contribution in [3.63, 3.8) is 0 Å². The SMILES string of the molecule is CCSCCOC(=O)C1C(C)=NC2=C(C(=O)C[C@H](c3ccc(OC)c(OC)c3)C2)[C@@H]1c1ccc(F)cc1. The number of hydrogen-bond acceptors (Lipinski definition) is 7. The Hall–Kier alpha value is -3.13. The maximum absolute atomic E-state index is 13.8. The number of carbonyl (C=O) groups is 2. The maximum atomic E-state index is 13.8. The van der Waals surface area contributed by atoms with Crippen LogP contribution in [0.2, 0.25) is 0 Å². The van der Waals surface area contributed by atoms with Gasteiger partial charge in [-0.25, -0.2) is 4.39 Å². The first kappa shape index (κ1) is 26.9. The fraction of sp³-hybridized carbons (Fsp3) is 0.414. The van der Waals surface area contributed by atoms with Crippen molar-refractivity contribution >= 4 is 29.2 Å². The molecule has 0 aromatic heterocycles. The minimum Gasteiger partial charge on any atom is -0.493 e. The zero-order valence-corrected chi connectivity index (χ0v) is 22.4. The van der Waals surface area contributed by atoms with Crippen LogP contribution in [-0.4, -0.2) is 49.8 Å². The fourth-order valence-corrected chi connectivity index (χ4v) is 5.66. The molecular formula is C29H32FNO5S. The second-order valence-corrected chi connectivity index (χ2v) is 10.5. The molecule has 4 rings (SSSR count). The maximum Gasteiger partial charge on any atom is 0.315 e. The number of ketones is 1. The Labute approximate surface area is 221 Å². The van der Waals surface area contributed by atoms with E-state index in [1.807, 2.05) is 25.1 Å². The number of halogens is 1. The highest BCUT2D eigenvalue weighted by atomic mass is 32.2. The molecule has 1 aliphatic heterocycles. The van der Waals surface area contributed by atoms with E-state index >= 15 is 0 Å². The minimum atomic E-state index is -0.739. The van der Waals surface area contributed by atoms with Crippen molar-refractivity contribution < 1.29 is 28.2 Å². The van der Waals surface area contributed by atoms with Crippen molar-refractivity contribution in [1.29, 1.82) is 0 Å². The van der Waals surface area contributed by atoms with Gasteiger partial charge in [0.2, 0.25) is 0 Å². The summed E-state index contributed by atoms with van der Waals surface area (Å²) in [5, 5.41) is 0. The van der Waals surface area contributed by atoms with Gasteiger partial charge in [0, 0.05) is 35.1 Å². The van der Waals surface area contributed by atoms with Crippen molar-refractivity contribution in [2.45, 2.75) is 38.5 Å². The number of aliphatic imine (C=N–C) groups is 1. The summed E-state index contributed by atoms with van der Waals surface area (Å²) in [6, 6.07) is 11.7. The number of nitrogens with zero attached hydrogens (tertiary/aromatic N) is 1. The summed E-state index contributed by atoms with van der Waals surface area (Å²) in [4.78, 5) is 31.8. The molecule has 2 aliphatic rings. The van der Waals surface area contributed by atoms with E-state index in [2.05, 4.69) is 0 Å². The molecule has 37 heavy (non-hydrogen) atoms. The number of rotatable bonds is 9. The molecule has 8 heteroatoms. The molecule has 1 heterocycles. The number of benzene rings is 2. The molecule has 196 valence electrons. The van der Waals surface area contributed by atoms with Crippen molar-refractivity contribution in [3.8, 4) is 11.5 Å². The van der Waals surface area contributed by atoms with E-state index in [1.54, 1.807) is 45.0 Å². The van der Waals surface area contributed by atoms with Gasteiger partial charge in [-0.3, -0.25) is 14.6 Å². The standard InChI is InChI=1S/C29H32FNO5S/c1-5-37-13-12-36-29(33)26-17(2)31-22-14-20(19-8-11-24(34-3)25(16-19)35-4)15-23(32)28(22)27(26)18-6-9-21(30)10-7-18/h6-11,16,20,26-27H,5,12-15H2,1-4H3/t20-,26?,27-/m1/s1. The van der Waals surface area contributed by atoms with E-state index in [4.69, 9.17) is 19.2 Å². The summed E-state index contributed by atoms with van der Waals surface area (Å²) in [6.45, 7) is 4.14. The molecule has 2 aromatic rings. The van der Waals surface area contributed by atoms with Crippen molar-refractivity contribution in [2.75, 3.05) is 32.3 Å². The first-order valence-corrected chi connectivity index (χ1v) is 13.6. The largest absolute Gasteiger partial charge is 0.493 e. The number of carbonyl (C=O) groups excluding carboxylic acids is 2. The quantitative estimate of drug-likeness (QED) is 0.308. The molecular weight excluding hydrogens is 493 g/mol. The van der Waals surface area contributed by atoms with Crippen LogP contribution < -0.4 is 9.47 Å². The molecule has 0 fully saturated rings. The first-order chi connectivity index (χ1) is 17.9. The van der Waals surface area contributed by atoms with Crippen LogP contribution in [0.5, 0.6) is 11.5 Å². The average molecular weight is 526 g/mol. The lowest BCUT2D eigenvalue weighted by molar-refractivity contribution is -0.145. The van der Waals surface area contributed by atoms with Gasteiger partial charge in [-0.2, -0.15) is 11.8 Å². The highest BCUT2D eigenvalue weighted by Gasteiger charge is 2.44. The molecule has 0 bridgehead atoms. The van der Waals surface area contributed by atoms with Gasteiger partial charge >= 0.3 is 5.97 Å². The minimum absolute atomic E-state index is 0.0639. The molecule has 0 spiro atoms. The summed E-state index contributed by atoms with van der Waals surface area (Å²) < 4.78 is 30.2. The summed E-state index contributed by atoms with van der Waals surface area (Å²) in [7, 11) is 3.16. The lowest BCUT2D eigenvalue weighted by Gasteiger charge is -2.36. The number of hydrogen-bond donors (Lipinski definition) is 0. The lowest BCUT2D eigenvalue weighted by Crippen LogP contribution is -2.38. The number of allylic oxidation sites excluding steroid dienone is 2. The predicted molar refractivity (Wildman–Crippen MR) is 143 cm³/mol. The van der Waals surface area contributed by atoms with E-state index in [-0.39, 0.29) is 23.9 Å². The highest BCUT2D eigenvalue weighted by Crippen LogP contribution is 2.47. The summed E-state index contributed by atoms with van der Waals surface area (Å²) in [5.41, 5.74) is 3.46. The Kier molecular flexibility index (Phi) is 8.69. The van der Waals surface area contributed by atoms with Gasteiger partial charge < -0.3 is 14.2 Å². The van der Waals surface area contributed by atoms with E-state index in [0.717, 1.165) is 11.3 Å². The molecule has 1 unspecified atom stereocenters. The number of Topliss-reactive ketones (excluding diaryl/α,β-unsaturated/α-hetero) is 1. The second kappa shape index (κ2) is 11.9. The Morgan fingerprint density at radius 2 is 1.76 bits per heavy atom. The number of ether oxygens (including phenoxy) is 3. The third-order valence-electron chi connectivity index (χ3n) is 6.93. The van der Waals surface area contributed by atoms with E-state index in [1.165, 1.54) is 12.1 Å². The van der Waals surface area contributed by atoms with Crippen LogP contribution in [0.1, 0.15) is 49.7 Å². The van der Waals surface area contributed by atoms with Crippen LogP contribution in [0.25, 0.3) is 0 Å². The van der Waals surface area contributed by atoms with Crippen molar-refractivity contribution in [2.24, 2.45) is 10.9 Å². The molecule has 6 nitrogen and oxygen atoms in total. The molecule has 2 aromatic carbocycles. The smallest absolute Gasteiger partial charge is 0.315 e. The topological polar surface area (TPSA) is 74.2 Å². The first-order valence-electron chi connectivity index (χ1n) is 12.4. The molecule has 0 N–H and O–H groups in total. The normalized spacial score (nSPS) is 21.3. The van der Waals surface area contributed by atoms with Gasteiger partial charge in [-0.05, 0) is 60.4 Å². The summed E-state index contributed by atoms with van der Waals surface area (Å²) in [5.74, 6) is 0.608. The molecule has 3 atom stereocenters. The third-order valence-corrected chi connectivity index (χ3v) is 7.79. The van der Waals surface area contributed by atoms with Crippen molar-refractivity contribution in [3.05, 3.63) is 70.7 Å². The van der Waals surface area contributed by atoms with Crippen LogP contribution >= 0.6 is 11.8 Å². The van der Waals surface area contributed by atoms with Crippen molar-refractivity contribution in [1.82, 2.24) is 0 Å². The van der Waals surface area contributed by atoms with Crippen LogP contribution in [0.15, 0.2) is 58.7 Å². The fourth-order valence-electron chi connectivity index (χ4n) is 5.17. The monoisotopic (exact) mass is 525 g/mol. The van der Waals surface area contributed by atoms with Gasteiger partial charge in [0.05, 0.1) is 14.2 Å². The van der Waals surface area contributed by atoms with Crippen LogP contribution in [0, 0.1) is 11.7 Å². The zero-order chi connectivity index (χ0) is 26.5. The Morgan fingerprint density at radius 1 is 1.05 bits per heavy atom. The molecule has 0 amide bonds. The summed E-state index contributed by atoms with van der Waals surface area (Å²) >= 11 is 1.69. The van der Waals surface area contributed by atoms with Gasteiger partial charge in [0.1, 0.15) is 18.3 Å². The summed E-state index contributed by atoms with van der Waals surface area (Å²) in [6.07, 6.45) is 0.815. The van der Waals surface area contributed by atoms with Gasteiger partial charge in [0.15, 0.2) is 17.3 Å². The number of thioether (sulfide) groups is 1. The molecule has 0 radical (unpaired) electrons. The lowest BCUT2D eigenvalue weighted by atomic mass is 9.69. The number of esters is 1. The van der Waals surface area contributed by atoms with Crippen LogP contribution in [0.4, 0.5) is 4.39 Å². The Bertz CT molecular complexity index is 1220. The average Bonchev–Trinajstić information content (AvgIpc) is 2.90. The highest BCUT2D eigenvalue weighted by molar-refractivity contribution is 7.99. The van der Waals surface area contributed by atoms with E-state index in [9.17, 15) is 14.0 Å². The molecule has 0 saturated heterocycles. The number of methoxy groups -OCH3 is 2. The van der Waals surface area contributed by atoms with E-state index in [0.29, 0.717) is 52.8 Å². The Morgan fingerprint density at radius 3 is 2.43 bits per heavy atom. The second-order valence-electron chi connectivity index (χ2n) is 9.13. The predicted octanol–water partition coefficient (Wildman–Crippen LogP) is 5.71. The zero-order valence-electron chi connectivity index (χ0n) is 21.6. The van der Waals surface area contributed by atoms with Gasteiger partial charge in [-0.1, -0.05) is 25.1 Å².